The molecule has 16 heavy (non-hydrogen) atoms. The topological polar surface area (TPSA) is 12.0 Å². The van der Waals surface area contributed by atoms with Crippen molar-refractivity contribution in [1.82, 2.24) is 0 Å². The lowest BCUT2D eigenvalue weighted by Gasteiger charge is -2.08. The fourth-order valence-electron chi connectivity index (χ4n) is 1.46. The lowest BCUT2D eigenvalue weighted by molar-refractivity contribution is 1.15. The first-order chi connectivity index (χ1) is 7.65. The van der Waals surface area contributed by atoms with Gasteiger partial charge in [0.1, 0.15) is 0 Å². The molecule has 0 aliphatic heterocycles. The Bertz CT molecular complexity index is 494. The van der Waals surface area contributed by atoms with E-state index in [0.717, 1.165) is 11.0 Å². The van der Waals surface area contributed by atoms with E-state index >= 15 is 0 Å². The van der Waals surface area contributed by atoms with Crippen LogP contribution in [-0.4, -0.2) is 0 Å². The van der Waals surface area contributed by atoms with Gasteiger partial charge in [0, 0.05) is 16.7 Å². The summed E-state index contributed by atoms with van der Waals surface area (Å²) in [6.45, 7) is 2.97. The van der Waals surface area contributed by atoms with Crippen LogP contribution in [0.5, 0.6) is 0 Å². The van der Waals surface area contributed by atoms with Crippen LogP contribution in [0.2, 0.25) is 0 Å². The first-order valence-corrected chi connectivity index (χ1v) is 7.34. The Hall–Kier alpha value is -0.320. The zero-order chi connectivity index (χ0) is 11.5. The summed E-state index contributed by atoms with van der Waals surface area (Å²) in [6, 6.07) is 8.41. The smallest absolute Gasteiger partial charge is 0.0701 e. The Kier molecular flexibility index (Phi) is 4.05. The van der Waals surface area contributed by atoms with Gasteiger partial charge in [0.05, 0.1) is 3.79 Å². The number of halogens is 2. The fraction of sp³-hybridized carbons (Fsp3) is 0.167. The van der Waals surface area contributed by atoms with Crippen molar-refractivity contribution in [3.63, 3.8) is 0 Å². The summed E-state index contributed by atoms with van der Waals surface area (Å²) >= 11 is 8.65. The third-order valence-electron chi connectivity index (χ3n) is 2.29. The van der Waals surface area contributed by atoms with Crippen molar-refractivity contribution < 1.29 is 0 Å². The molecule has 1 aromatic heterocycles. The molecule has 2 rings (SSSR count). The molecule has 0 atom stereocenters. The van der Waals surface area contributed by atoms with Crippen LogP contribution in [-0.2, 0) is 6.54 Å². The Morgan fingerprint density at radius 1 is 1.25 bits per heavy atom. The highest BCUT2D eigenvalue weighted by molar-refractivity contribution is 9.11. The summed E-state index contributed by atoms with van der Waals surface area (Å²) in [7, 11) is 0. The van der Waals surface area contributed by atoms with Crippen LogP contribution >= 0.6 is 43.2 Å². The molecule has 0 spiro atoms. The van der Waals surface area contributed by atoms with Crippen LogP contribution in [0.4, 0.5) is 5.69 Å². The predicted octanol–water partition coefficient (Wildman–Crippen LogP) is 5.19. The average molecular weight is 361 g/mol. The van der Waals surface area contributed by atoms with Gasteiger partial charge >= 0.3 is 0 Å². The molecule has 2 aromatic rings. The standard InChI is InChI=1S/C12H11Br2NS/c1-8-4-10(13)2-3-11(8)15-6-9-5-12(14)16-7-9/h2-5,7,15H,6H2,1H3. The van der Waals surface area contributed by atoms with Gasteiger partial charge in [-0.3, -0.25) is 0 Å². The lowest BCUT2D eigenvalue weighted by atomic mass is 10.2. The van der Waals surface area contributed by atoms with E-state index in [-0.39, 0.29) is 0 Å². The number of hydrogen-bond donors (Lipinski definition) is 1. The Morgan fingerprint density at radius 2 is 2.06 bits per heavy atom. The number of benzene rings is 1. The Labute approximate surface area is 116 Å². The molecule has 0 bridgehead atoms. The monoisotopic (exact) mass is 359 g/mol. The number of thiophene rings is 1. The molecule has 0 saturated heterocycles. The SMILES string of the molecule is Cc1cc(Br)ccc1NCc1csc(Br)c1. The molecular formula is C12H11Br2NS. The number of rotatable bonds is 3. The van der Waals surface area contributed by atoms with E-state index < -0.39 is 0 Å². The average Bonchev–Trinajstić information content (AvgIpc) is 2.63. The normalized spacial score (nSPS) is 10.4. The van der Waals surface area contributed by atoms with Crippen molar-refractivity contribution in [2.24, 2.45) is 0 Å². The van der Waals surface area contributed by atoms with Crippen LogP contribution in [0.3, 0.4) is 0 Å². The van der Waals surface area contributed by atoms with E-state index in [4.69, 9.17) is 0 Å². The van der Waals surface area contributed by atoms with Gasteiger partial charge in [0.25, 0.3) is 0 Å². The fourth-order valence-corrected chi connectivity index (χ4v) is 3.15. The van der Waals surface area contributed by atoms with E-state index in [9.17, 15) is 0 Å². The summed E-state index contributed by atoms with van der Waals surface area (Å²) in [5, 5.41) is 5.59. The first kappa shape index (κ1) is 12.1. The van der Waals surface area contributed by atoms with Gasteiger partial charge in [-0.2, -0.15) is 0 Å². The number of nitrogens with one attached hydrogen (secondary N) is 1. The third kappa shape index (κ3) is 3.09. The van der Waals surface area contributed by atoms with E-state index in [2.05, 4.69) is 73.7 Å². The largest absolute Gasteiger partial charge is 0.381 e. The Balaban J connectivity index is 2.04. The number of hydrogen-bond acceptors (Lipinski definition) is 2. The summed E-state index contributed by atoms with van der Waals surface area (Å²) < 4.78 is 2.30. The van der Waals surface area contributed by atoms with Gasteiger partial charge in [-0.05, 0) is 63.6 Å². The van der Waals surface area contributed by atoms with Gasteiger partial charge in [-0.15, -0.1) is 11.3 Å². The second-order valence-corrected chi connectivity index (χ2v) is 6.78. The summed E-state index contributed by atoms with van der Waals surface area (Å²) in [4.78, 5) is 0. The van der Waals surface area contributed by atoms with Crippen molar-refractivity contribution in [3.8, 4) is 0 Å². The quantitative estimate of drug-likeness (QED) is 0.793. The number of aryl methyl sites for hydroxylation is 1. The molecule has 1 aromatic carbocycles. The zero-order valence-corrected chi connectivity index (χ0v) is 12.7. The van der Waals surface area contributed by atoms with Crippen molar-refractivity contribution in [3.05, 3.63) is 49.0 Å². The van der Waals surface area contributed by atoms with Gasteiger partial charge < -0.3 is 5.32 Å². The molecule has 4 heteroatoms. The second kappa shape index (κ2) is 5.34. The molecule has 1 heterocycles. The lowest BCUT2D eigenvalue weighted by Crippen LogP contribution is -1.99. The van der Waals surface area contributed by atoms with Crippen molar-refractivity contribution in [2.75, 3.05) is 5.32 Å². The van der Waals surface area contributed by atoms with Crippen LogP contribution in [0.25, 0.3) is 0 Å². The molecule has 1 nitrogen and oxygen atoms in total. The number of anilines is 1. The van der Waals surface area contributed by atoms with Gasteiger partial charge in [-0.25, -0.2) is 0 Å². The maximum atomic E-state index is 3.47. The molecule has 84 valence electrons. The van der Waals surface area contributed by atoms with Crippen molar-refractivity contribution >= 4 is 48.9 Å². The highest BCUT2D eigenvalue weighted by Crippen LogP contribution is 2.23. The van der Waals surface area contributed by atoms with E-state index in [1.807, 2.05) is 0 Å². The maximum Gasteiger partial charge on any atom is 0.0701 e. The van der Waals surface area contributed by atoms with Crippen LogP contribution in [0.1, 0.15) is 11.1 Å². The molecule has 0 saturated carbocycles. The molecule has 0 amide bonds. The maximum absolute atomic E-state index is 3.47. The highest BCUT2D eigenvalue weighted by Gasteiger charge is 2.00. The zero-order valence-electron chi connectivity index (χ0n) is 8.76. The summed E-state index contributed by atoms with van der Waals surface area (Å²) in [6.07, 6.45) is 0. The molecule has 0 unspecified atom stereocenters. The van der Waals surface area contributed by atoms with Gasteiger partial charge in [0.15, 0.2) is 0 Å². The van der Waals surface area contributed by atoms with Gasteiger partial charge in [0.2, 0.25) is 0 Å². The van der Waals surface area contributed by atoms with Crippen LogP contribution < -0.4 is 5.32 Å². The third-order valence-corrected chi connectivity index (χ3v) is 4.34. The van der Waals surface area contributed by atoms with Crippen molar-refractivity contribution in [1.29, 1.82) is 0 Å². The molecule has 0 aliphatic carbocycles. The Morgan fingerprint density at radius 3 is 2.69 bits per heavy atom. The predicted molar refractivity (Wildman–Crippen MR) is 78.2 cm³/mol. The minimum Gasteiger partial charge on any atom is -0.381 e. The van der Waals surface area contributed by atoms with Crippen molar-refractivity contribution in [2.45, 2.75) is 13.5 Å². The molecule has 1 N–H and O–H groups in total. The second-order valence-electron chi connectivity index (χ2n) is 3.57. The van der Waals surface area contributed by atoms with Gasteiger partial charge in [-0.1, -0.05) is 15.9 Å². The van der Waals surface area contributed by atoms with E-state index in [1.54, 1.807) is 11.3 Å². The van der Waals surface area contributed by atoms with E-state index in [1.165, 1.54) is 20.6 Å². The summed E-state index contributed by atoms with van der Waals surface area (Å²) in [5.41, 5.74) is 3.74. The van der Waals surface area contributed by atoms with Crippen LogP contribution in [0.15, 0.2) is 37.9 Å². The molecular weight excluding hydrogens is 350 g/mol. The first-order valence-electron chi connectivity index (χ1n) is 4.88. The molecule has 0 fully saturated rings. The summed E-state index contributed by atoms with van der Waals surface area (Å²) in [5.74, 6) is 0. The van der Waals surface area contributed by atoms with Crippen LogP contribution in [0, 0.1) is 6.92 Å². The minimum absolute atomic E-state index is 0.866. The minimum atomic E-state index is 0.866. The highest BCUT2D eigenvalue weighted by atomic mass is 79.9. The molecule has 0 aliphatic rings. The van der Waals surface area contributed by atoms with E-state index in [0.29, 0.717) is 0 Å². The molecule has 0 radical (unpaired) electrons.